The van der Waals surface area contributed by atoms with Gasteiger partial charge in [-0.1, -0.05) is 0 Å². The van der Waals surface area contributed by atoms with E-state index in [2.05, 4.69) is 0 Å². The Bertz CT molecular complexity index is 323. The van der Waals surface area contributed by atoms with Gasteiger partial charge in [0.25, 0.3) is 0 Å². The Morgan fingerprint density at radius 3 is 2.36 bits per heavy atom. The number of hydrogen-bond donors (Lipinski definition) is 1. The summed E-state index contributed by atoms with van der Waals surface area (Å²) in [6.45, 7) is 1.01. The molecule has 1 saturated heterocycles. The van der Waals surface area contributed by atoms with E-state index in [-0.39, 0.29) is 5.92 Å². The Morgan fingerprint density at radius 1 is 1.21 bits per heavy atom. The quantitative estimate of drug-likeness (QED) is 0.749. The lowest BCUT2D eigenvalue weighted by molar-refractivity contribution is -0.0691. The normalized spacial score (nSPS) is 22.9. The predicted octanol–water partition coefficient (Wildman–Crippen LogP) is 2.14. The molecular formula is C10H11F2NO. The van der Waals surface area contributed by atoms with E-state index in [0.29, 0.717) is 18.7 Å². The van der Waals surface area contributed by atoms with Crippen molar-refractivity contribution in [3.05, 3.63) is 35.4 Å². The molecule has 0 amide bonds. The maximum absolute atomic E-state index is 12.9. The van der Waals surface area contributed by atoms with E-state index in [1.807, 2.05) is 0 Å². The molecule has 0 radical (unpaired) electrons. The van der Waals surface area contributed by atoms with Crippen LogP contribution < -0.4 is 0 Å². The van der Waals surface area contributed by atoms with Gasteiger partial charge in [0.05, 0.1) is 0 Å². The van der Waals surface area contributed by atoms with Crippen LogP contribution in [-0.4, -0.2) is 23.4 Å². The van der Waals surface area contributed by atoms with Gasteiger partial charge in [0.1, 0.15) is 11.6 Å². The van der Waals surface area contributed by atoms with Gasteiger partial charge in [-0.2, -0.15) is 5.06 Å². The first-order valence-electron chi connectivity index (χ1n) is 4.55. The van der Waals surface area contributed by atoms with Crippen LogP contribution in [-0.2, 0) is 0 Å². The van der Waals surface area contributed by atoms with E-state index < -0.39 is 11.6 Å². The van der Waals surface area contributed by atoms with Gasteiger partial charge in [0.15, 0.2) is 0 Å². The van der Waals surface area contributed by atoms with E-state index in [9.17, 15) is 8.78 Å². The standard InChI is InChI=1S/C10H11F2NO/c11-9-3-8(4-10(12)5-9)7-1-2-13(14)6-7/h3-5,7,14H,1-2,6H2. The zero-order valence-electron chi connectivity index (χ0n) is 7.58. The summed E-state index contributed by atoms with van der Waals surface area (Å²) in [5.41, 5.74) is 0.624. The predicted molar refractivity (Wildman–Crippen MR) is 47.1 cm³/mol. The van der Waals surface area contributed by atoms with Crippen molar-refractivity contribution in [2.24, 2.45) is 0 Å². The van der Waals surface area contributed by atoms with E-state index in [1.165, 1.54) is 17.2 Å². The van der Waals surface area contributed by atoms with Crippen LogP contribution in [0.2, 0.25) is 0 Å². The number of halogens is 2. The zero-order chi connectivity index (χ0) is 10.1. The lowest BCUT2D eigenvalue weighted by Gasteiger charge is -2.09. The molecule has 0 aliphatic carbocycles. The lowest BCUT2D eigenvalue weighted by atomic mass is 9.98. The van der Waals surface area contributed by atoms with Crippen LogP contribution in [0.5, 0.6) is 0 Å². The highest BCUT2D eigenvalue weighted by atomic mass is 19.1. The molecule has 1 aliphatic rings. The molecule has 1 atom stereocenters. The fourth-order valence-electron chi connectivity index (χ4n) is 1.82. The highest BCUT2D eigenvalue weighted by molar-refractivity contribution is 5.23. The van der Waals surface area contributed by atoms with Crippen molar-refractivity contribution in [2.45, 2.75) is 12.3 Å². The second-order valence-corrected chi connectivity index (χ2v) is 3.60. The van der Waals surface area contributed by atoms with Gasteiger partial charge in [-0.3, -0.25) is 0 Å². The first kappa shape index (κ1) is 9.55. The molecule has 0 saturated carbocycles. The topological polar surface area (TPSA) is 23.5 Å². The number of rotatable bonds is 1. The van der Waals surface area contributed by atoms with Gasteiger partial charge in [0.2, 0.25) is 0 Å². The van der Waals surface area contributed by atoms with Crippen molar-refractivity contribution in [3.8, 4) is 0 Å². The molecule has 2 rings (SSSR count). The summed E-state index contributed by atoms with van der Waals surface area (Å²) >= 11 is 0. The van der Waals surface area contributed by atoms with E-state index in [4.69, 9.17) is 5.21 Å². The van der Waals surface area contributed by atoms with Crippen LogP contribution in [0.3, 0.4) is 0 Å². The maximum atomic E-state index is 12.9. The minimum atomic E-state index is -0.559. The third-order valence-corrected chi connectivity index (χ3v) is 2.52. The molecule has 4 heteroatoms. The molecule has 1 N–H and O–H groups in total. The van der Waals surface area contributed by atoms with Crippen molar-refractivity contribution in [1.29, 1.82) is 0 Å². The van der Waals surface area contributed by atoms with Crippen LogP contribution in [0.25, 0.3) is 0 Å². The zero-order valence-corrected chi connectivity index (χ0v) is 7.58. The summed E-state index contributed by atoms with van der Waals surface area (Å²) in [5, 5.41) is 10.3. The Balaban J connectivity index is 2.23. The smallest absolute Gasteiger partial charge is 0.126 e. The molecule has 76 valence electrons. The van der Waals surface area contributed by atoms with Gasteiger partial charge in [-0.15, -0.1) is 0 Å². The van der Waals surface area contributed by atoms with Crippen molar-refractivity contribution in [3.63, 3.8) is 0 Å². The van der Waals surface area contributed by atoms with E-state index >= 15 is 0 Å². The van der Waals surface area contributed by atoms with Crippen molar-refractivity contribution in [1.82, 2.24) is 5.06 Å². The SMILES string of the molecule is ON1CCC(c2cc(F)cc(F)c2)C1. The average Bonchev–Trinajstić information content (AvgIpc) is 2.50. The summed E-state index contributed by atoms with van der Waals surface area (Å²) in [5.74, 6) is -1.09. The number of benzene rings is 1. The molecule has 0 spiro atoms. The van der Waals surface area contributed by atoms with Crippen molar-refractivity contribution >= 4 is 0 Å². The largest absolute Gasteiger partial charge is 0.314 e. The summed E-state index contributed by atoms with van der Waals surface area (Å²) in [7, 11) is 0. The molecule has 1 heterocycles. The molecule has 2 nitrogen and oxygen atoms in total. The Hall–Kier alpha value is -1.00. The first-order valence-corrected chi connectivity index (χ1v) is 4.55. The molecule has 1 unspecified atom stereocenters. The summed E-state index contributed by atoms with van der Waals surface area (Å²) in [4.78, 5) is 0. The third-order valence-electron chi connectivity index (χ3n) is 2.52. The van der Waals surface area contributed by atoms with Crippen molar-refractivity contribution in [2.75, 3.05) is 13.1 Å². The van der Waals surface area contributed by atoms with Gasteiger partial charge < -0.3 is 5.21 Å². The van der Waals surface area contributed by atoms with Crippen LogP contribution in [0.15, 0.2) is 18.2 Å². The average molecular weight is 199 g/mol. The molecule has 0 bridgehead atoms. The Morgan fingerprint density at radius 2 is 1.86 bits per heavy atom. The van der Waals surface area contributed by atoms with Crippen LogP contribution in [0.4, 0.5) is 8.78 Å². The molecule has 1 aromatic carbocycles. The summed E-state index contributed by atoms with van der Waals surface area (Å²) in [6.07, 6.45) is 0.736. The highest BCUT2D eigenvalue weighted by Crippen LogP contribution is 2.27. The minimum Gasteiger partial charge on any atom is -0.314 e. The molecular weight excluding hydrogens is 188 g/mol. The second-order valence-electron chi connectivity index (χ2n) is 3.60. The molecule has 1 fully saturated rings. The van der Waals surface area contributed by atoms with Gasteiger partial charge in [-0.25, -0.2) is 8.78 Å². The fourth-order valence-corrected chi connectivity index (χ4v) is 1.82. The van der Waals surface area contributed by atoms with Gasteiger partial charge in [0, 0.05) is 25.1 Å². The monoisotopic (exact) mass is 199 g/mol. The Kier molecular flexibility index (Phi) is 2.48. The maximum Gasteiger partial charge on any atom is 0.126 e. The Labute approximate surface area is 80.7 Å². The lowest BCUT2D eigenvalue weighted by Crippen LogP contribution is -2.14. The van der Waals surface area contributed by atoms with Crippen LogP contribution in [0.1, 0.15) is 17.9 Å². The number of nitrogens with zero attached hydrogens (tertiary/aromatic N) is 1. The van der Waals surface area contributed by atoms with Crippen LogP contribution in [0, 0.1) is 11.6 Å². The van der Waals surface area contributed by atoms with Crippen LogP contribution >= 0.6 is 0 Å². The second kappa shape index (κ2) is 3.63. The fraction of sp³-hybridized carbons (Fsp3) is 0.400. The summed E-state index contributed by atoms with van der Waals surface area (Å²) in [6, 6.07) is 3.51. The number of hydroxylamine groups is 2. The summed E-state index contributed by atoms with van der Waals surface area (Å²) < 4.78 is 25.7. The first-order chi connectivity index (χ1) is 6.65. The minimum absolute atomic E-state index is 0.0326. The van der Waals surface area contributed by atoms with Gasteiger partial charge in [-0.05, 0) is 24.1 Å². The molecule has 1 aromatic rings. The molecule has 14 heavy (non-hydrogen) atoms. The van der Waals surface area contributed by atoms with E-state index in [0.717, 1.165) is 12.5 Å². The molecule has 0 aromatic heterocycles. The number of hydrogen-bond acceptors (Lipinski definition) is 2. The van der Waals surface area contributed by atoms with Gasteiger partial charge >= 0.3 is 0 Å². The van der Waals surface area contributed by atoms with Crippen molar-refractivity contribution < 1.29 is 14.0 Å². The highest BCUT2D eigenvalue weighted by Gasteiger charge is 2.23. The molecule has 1 aliphatic heterocycles. The third kappa shape index (κ3) is 1.91. The van der Waals surface area contributed by atoms with E-state index in [1.54, 1.807) is 0 Å².